The number of alkyl carbamates (subject to hydrolysis) is 1. The second-order valence-electron chi connectivity index (χ2n) is 16.2. The van der Waals surface area contributed by atoms with Gasteiger partial charge in [0.1, 0.15) is 23.7 Å². The molecule has 18 heteroatoms. The summed E-state index contributed by atoms with van der Waals surface area (Å²) in [6.07, 6.45) is 2.76. The molecule has 2 aromatic rings. The van der Waals surface area contributed by atoms with Crippen molar-refractivity contribution in [2.45, 2.75) is 120 Å². The van der Waals surface area contributed by atoms with E-state index in [4.69, 9.17) is 14.2 Å². The fourth-order valence-electron chi connectivity index (χ4n) is 7.71. The summed E-state index contributed by atoms with van der Waals surface area (Å²) in [6, 6.07) is 1.65. The average molecular weight is 822 g/mol. The Morgan fingerprint density at radius 2 is 1.89 bits per heavy atom. The summed E-state index contributed by atoms with van der Waals surface area (Å²) < 4.78 is 86.8. The van der Waals surface area contributed by atoms with Gasteiger partial charge in [-0.25, -0.2) is 31.4 Å². The summed E-state index contributed by atoms with van der Waals surface area (Å²) in [5, 5.41) is 5.46. The molecule has 14 nitrogen and oxygen atoms in total. The molecule has 2 aliphatic heterocycles. The van der Waals surface area contributed by atoms with E-state index in [2.05, 4.69) is 20.3 Å². The Hall–Kier alpha value is -4.61. The van der Waals surface area contributed by atoms with Crippen LogP contribution in [0.25, 0.3) is 10.8 Å². The topological polar surface area (TPSA) is 182 Å². The van der Waals surface area contributed by atoms with Crippen molar-refractivity contribution in [1.82, 2.24) is 25.2 Å². The maximum atomic E-state index is 14.9. The number of carbonyl (C=O) groups is 4. The van der Waals surface area contributed by atoms with E-state index in [0.29, 0.717) is 49.3 Å². The van der Waals surface area contributed by atoms with Gasteiger partial charge in [-0.2, -0.15) is 0 Å². The standard InChI is InChI=1S/C39H50F3N5O9S/c1-6-22-15-21(2)9-7-8-10-24-19-39(24,36(50)46-57(52,53)26-11-12-26)45-32(48)29-17-25(55-33-27-18-28(40)30(54-5)16-23(27)13-14-43-33)20-47(29)34(49)31(22)44-37(51)56-38(3,4)35(41)42/h8,10,13-14,16,18,21-22,24-26,29,31,35H,6-7,9,11-12,15,17,19-20H2,1-5H3,(H,44,51)(H,45,48)(H,46,50)/t21-,22-,24-,25-,29+,31+,39-/m1/s1. The lowest BCUT2D eigenvalue weighted by Crippen LogP contribution is -2.59. The van der Waals surface area contributed by atoms with Crippen molar-refractivity contribution in [1.29, 1.82) is 0 Å². The van der Waals surface area contributed by atoms with Crippen LogP contribution < -0.4 is 24.8 Å². The Morgan fingerprint density at radius 3 is 2.56 bits per heavy atom. The number of rotatable bonds is 10. The molecular formula is C39H50F3N5O9S. The first kappa shape index (κ1) is 42.0. The molecule has 3 N–H and O–H groups in total. The molecule has 2 aliphatic carbocycles. The van der Waals surface area contributed by atoms with Gasteiger partial charge < -0.3 is 29.7 Å². The van der Waals surface area contributed by atoms with Crippen molar-refractivity contribution >= 4 is 44.6 Å². The lowest BCUT2D eigenvalue weighted by molar-refractivity contribution is -0.142. The molecule has 0 unspecified atom stereocenters. The van der Waals surface area contributed by atoms with Crippen molar-refractivity contribution in [3.63, 3.8) is 0 Å². The van der Waals surface area contributed by atoms with Crippen molar-refractivity contribution in [2.24, 2.45) is 17.8 Å². The molecule has 1 aromatic carbocycles. The Labute approximate surface area is 329 Å². The first-order chi connectivity index (χ1) is 26.9. The number of nitrogens with one attached hydrogen (secondary N) is 3. The molecule has 0 spiro atoms. The molecule has 4 amide bonds. The van der Waals surface area contributed by atoms with Crippen LogP contribution >= 0.6 is 0 Å². The Kier molecular flexibility index (Phi) is 12.0. The number of sulfonamides is 1. The molecule has 6 rings (SSSR count). The maximum absolute atomic E-state index is 14.9. The zero-order valence-electron chi connectivity index (χ0n) is 32.6. The molecule has 4 aliphatic rings. The van der Waals surface area contributed by atoms with Gasteiger partial charge in [-0.1, -0.05) is 32.4 Å². The highest BCUT2D eigenvalue weighted by atomic mass is 32.2. The minimum atomic E-state index is -3.98. The van der Waals surface area contributed by atoms with E-state index >= 15 is 0 Å². The lowest BCUT2D eigenvalue weighted by Gasteiger charge is -2.34. The third kappa shape index (κ3) is 9.10. The van der Waals surface area contributed by atoms with Crippen LogP contribution in [-0.2, 0) is 29.1 Å². The third-order valence-corrected chi connectivity index (χ3v) is 13.2. The van der Waals surface area contributed by atoms with Crippen LogP contribution in [0.2, 0.25) is 0 Å². The van der Waals surface area contributed by atoms with Crippen molar-refractivity contribution in [3.8, 4) is 11.6 Å². The van der Waals surface area contributed by atoms with Crippen molar-refractivity contribution in [3.05, 3.63) is 42.4 Å². The van der Waals surface area contributed by atoms with Gasteiger partial charge in [0.2, 0.25) is 27.7 Å². The lowest BCUT2D eigenvalue weighted by atomic mass is 9.85. The fourth-order valence-corrected chi connectivity index (χ4v) is 9.08. The van der Waals surface area contributed by atoms with Gasteiger partial charge in [-0.3, -0.25) is 19.1 Å². The van der Waals surface area contributed by atoms with E-state index in [-0.39, 0.29) is 36.9 Å². The first-order valence-electron chi connectivity index (χ1n) is 19.3. The quantitative estimate of drug-likeness (QED) is 0.283. The number of allylic oxidation sites excluding steroid dienone is 1. The molecule has 0 bridgehead atoms. The minimum Gasteiger partial charge on any atom is -0.494 e. The van der Waals surface area contributed by atoms with E-state index in [1.165, 1.54) is 30.3 Å². The van der Waals surface area contributed by atoms with Gasteiger partial charge in [0, 0.05) is 23.9 Å². The molecule has 3 fully saturated rings. The monoisotopic (exact) mass is 821 g/mol. The van der Waals surface area contributed by atoms with Crippen LogP contribution in [0.1, 0.15) is 79.1 Å². The molecule has 0 radical (unpaired) electrons. The summed E-state index contributed by atoms with van der Waals surface area (Å²) in [7, 11) is -2.65. The number of fused-ring (bicyclic) bond motifs is 3. The zero-order chi connectivity index (χ0) is 41.4. The minimum absolute atomic E-state index is 0.00129. The molecule has 7 atom stereocenters. The molecule has 1 aromatic heterocycles. The van der Waals surface area contributed by atoms with Crippen LogP contribution in [-0.4, -0.2) is 96.8 Å². The third-order valence-electron chi connectivity index (χ3n) is 11.4. The summed E-state index contributed by atoms with van der Waals surface area (Å²) in [4.78, 5) is 61.8. The van der Waals surface area contributed by atoms with Crippen LogP contribution in [0.5, 0.6) is 11.6 Å². The van der Waals surface area contributed by atoms with Crippen LogP contribution in [0.4, 0.5) is 18.0 Å². The van der Waals surface area contributed by atoms with E-state index < -0.39 is 92.5 Å². The number of halogens is 3. The number of amides is 4. The zero-order valence-corrected chi connectivity index (χ0v) is 33.4. The second kappa shape index (κ2) is 16.3. The van der Waals surface area contributed by atoms with E-state index in [9.17, 15) is 40.8 Å². The maximum Gasteiger partial charge on any atom is 0.408 e. The Bertz CT molecular complexity index is 2030. The molecule has 2 saturated carbocycles. The van der Waals surface area contributed by atoms with Gasteiger partial charge in [-0.15, -0.1) is 0 Å². The smallest absolute Gasteiger partial charge is 0.408 e. The molecule has 1 saturated heterocycles. The molecule has 312 valence electrons. The van der Waals surface area contributed by atoms with Gasteiger partial charge >= 0.3 is 6.09 Å². The van der Waals surface area contributed by atoms with E-state index in [1.807, 2.05) is 19.9 Å². The summed E-state index contributed by atoms with van der Waals surface area (Å²) in [6.45, 7) is 5.67. The van der Waals surface area contributed by atoms with Gasteiger partial charge in [-0.05, 0) is 87.8 Å². The summed E-state index contributed by atoms with van der Waals surface area (Å²) in [5.74, 6) is -4.10. The highest BCUT2D eigenvalue weighted by Crippen LogP contribution is 2.46. The number of hydrogen-bond acceptors (Lipinski definition) is 10. The number of methoxy groups -OCH3 is 1. The molecular weight excluding hydrogens is 772 g/mol. The van der Waals surface area contributed by atoms with Crippen LogP contribution in [0.3, 0.4) is 0 Å². The molecule has 57 heavy (non-hydrogen) atoms. The largest absolute Gasteiger partial charge is 0.494 e. The van der Waals surface area contributed by atoms with E-state index in [1.54, 1.807) is 12.1 Å². The summed E-state index contributed by atoms with van der Waals surface area (Å²) in [5.41, 5.74) is -3.81. The number of alkyl halides is 2. The number of nitrogens with zero attached hydrogens (tertiary/aromatic N) is 2. The highest BCUT2D eigenvalue weighted by Gasteiger charge is 2.62. The predicted octanol–water partition coefficient (Wildman–Crippen LogP) is 4.76. The average Bonchev–Trinajstić information content (AvgIpc) is 4.07. The Morgan fingerprint density at radius 1 is 1.16 bits per heavy atom. The number of aromatic nitrogens is 1. The highest BCUT2D eigenvalue weighted by molar-refractivity contribution is 7.91. The van der Waals surface area contributed by atoms with Gasteiger partial charge in [0.15, 0.2) is 17.2 Å². The second-order valence-corrected chi connectivity index (χ2v) is 18.1. The normalized spacial score (nSPS) is 28.4. The number of benzene rings is 1. The van der Waals surface area contributed by atoms with Crippen LogP contribution in [0.15, 0.2) is 36.5 Å². The van der Waals surface area contributed by atoms with Crippen LogP contribution in [0, 0.1) is 23.6 Å². The molecule has 3 heterocycles. The number of carbonyl (C=O) groups excluding carboxylic acids is 4. The fraction of sp³-hybridized carbons (Fsp3) is 0.615. The number of ether oxygens (including phenoxy) is 3. The van der Waals surface area contributed by atoms with Crippen molar-refractivity contribution < 1.29 is 55.0 Å². The van der Waals surface area contributed by atoms with Gasteiger partial charge in [0.05, 0.1) is 18.9 Å². The number of hydrogen-bond donors (Lipinski definition) is 3. The van der Waals surface area contributed by atoms with Crippen molar-refractivity contribution in [2.75, 3.05) is 13.7 Å². The SMILES string of the molecule is CC[C@@H]1C[C@H](C)CCC=C[C@@H]2C[C@@]2(C(=O)NS(=O)(=O)C2CC2)NC(=O)[C@@H]2C[C@@H](Oc3nccc4cc(OC)c(F)cc34)CN2C(=O)[C@H]1NC(=O)OC(C)(C)C(F)F. The Balaban J connectivity index is 1.37. The predicted molar refractivity (Wildman–Crippen MR) is 201 cm³/mol. The van der Waals surface area contributed by atoms with Gasteiger partial charge in [0.25, 0.3) is 12.3 Å². The number of pyridine rings is 1. The first-order valence-corrected chi connectivity index (χ1v) is 20.9. The van der Waals surface area contributed by atoms with E-state index in [0.717, 1.165) is 13.8 Å². The summed E-state index contributed by atoms with van der Waals surface area (Å²) >= 11 is 0.